The van der Waals surface area contributed by atoms with Crippen molar-refractivity contribution in [1.82, 2.24) is 0 Å². The molecule has 0 fully saturated rings. The summed E-state index contributed by atoms with van der Waals surface area (Å²) < 4.78 is 5.11. The average Bonchev–Trinajstić information content (AvgIpc) is 1.98. The maximum absolute atomic E-state index is 5.41. The molecule has 0 radical (unpaired) electrons. The molecule has 1 nitrogen and oxygen atoms in total. The highest BCUT2D eigenvalue weighted by Gasteiger charge is 1.94. The first-order valence-corrected chi connectivity index (χ1v) is 4.03. The summed E-state index contributed by atoms with van der Waals surface area (Å²) in [5.74, 6) is 0.836. The lowest BCUT2D eigenvalue weighted by Gasteiger charge is -2.04. The standard InChI is InChI=1S/C9H11ClO/c1-7-3-4-9(11-6-10)5-8(7)2/h3-5H,6H2,1-2H3. The number of ether oxygens (including phenoxy) is 1. The molecule has 0 aromatic heterocycles. The van der Waals surface area contributed by atoms with E-state index >= 15 is 0 Å². The Morgan fingerprint density at radius 3 is 2.55 bits per heavy atom. The SMILES string of the molecule is Cc1ccc(OCCl)cc1C. The van der Waals surface area contributed by atoms with Gasteiger partial charge in [0.05, 0.1) is 0 Å². The van der Waals surface area contributed by atoms with Crippen LogP contribution in [0, 0.1) is 13.8 Å². The molecule has 0 saturated heterocycles. The molecule has 0 bridgehead atoms. The molecule has 1 rings (SSSR count). The fourth-order valence-electron chi connectivity index (χ4n) is 0.867. The largest absolute Gasteiger partial charge is 0.478 e. The maximum Gasteiger partial charge on any atom is 0.162 e. The van der Waals surface area contributed by atoms with Crippen molar-refractivity contribution in [3.8, 4) is 5.75 Å². The van der Waals surface area contributed by atoms with Gasteiger partial charge in [-0.05, 0) is 37.1 Å². The molecular formula is C9H11ClO. The van der Waals surface area contributed by atoms with Crippen LogP contribution in [0.15, 0.2) is 18.2 Å². The monoisotopic (exact) mass is 170 g/mol. The van der Waals surface area contributed by atoms with Crippen molar-refractivity contribution in [1.29, 1.82) is 0 Å². The summed E-state index contributed by atoms with van der Waals surface area (Å²) in [7, 11) is 0. The van der Waals surface area contributed by atoms with Crippen LogP contribution in [-0.2, 0) is 0 Å². The number of halogens is 1. The highest BCUT2D eigenvalue weighted by molar-refractivity contribution is 6.17. The first-order valence-electron chi connectivity index (χ1n) is 3.50. The summed E-state index contributed by atoms with van der Waals surface area (Å²) in [4.78, 5) is 0. The average molecular weight is 171 g/mol. The van der Waals surface area contributed by atoms with Crippen LogP contribution in [0.5, 0.6) is 5.75 Å². The molecule has 0 N–H and O–H groups in total. The molecule has 0 amide bonds. The summed E-state index contributed by atoms with van der Waals surface area (Å²) in [5.41, 5.74) is 2.50. The summed E-state index contributed by atoms with van der Waals surface area (Å²) in [6.07, 6.45) is 0. The fraction of sp³-hybridized carbons (Fsp3) is 0.333. The Labute approximate surface area is 71.9 Å². The van der Waals surface area contributed by atoms with Crippen LogP contribution in [0.1, 0.15) is 11.1 Å². The van der Waals surface area contributed by atoms with E-state index in [-0.39, 0.29) is 6.07 Å². The van der Waals surface area contributed by atoms with Crippen molar-refractivity contribution < 1.29 is 4.74 Å². The summed E-state index contributed by atoms with van der Waals surface area (Å²) in [6.45, 7) is 4.12. The van der Waals surface area contributed by atoms with Crippen molar-refractivity contribution in [2.24, 2.45) is 0 Å². The van der Waals surface area contributed by atoms with Crippen LogP contribution in [0.2, 0.25) is 0 Å². The molecule has 2 heteroatoms. The number of hydrogen-bond acceptors (Lipinski definition) is 1. The molecule has 0 atom stereocenters. The smallest absolute Gasteiger partial charge is 0.162 e. The molecule has 0 spiro atoms. The molecule has 1 aromatic carbocycles. The molecule has 11 heavy (non-hydrogen) atoms. The van der Waals surface area contributed by atoms with Crippen molar-refractivity contribution in [2.45, 2.75) is 13.8 Å². The van der Waals surface area contributed by atoms with Gasteiger partial charge >= 0.3 is 0 Å². The van der Waals surface area contributed by atoms with Crippen molar-refractivity contribution >= 4 is 11.6 Å². The molecule has 0 saturated carbocycles. The minimum atomic E-state index is 0.211. The van der Waals surface area contributed by atoms with Gasteiger partial charge in [-0.15, -0.1) is 0 Å². The Kier molecular flexibility index (Phi) is 2.77. The van der Waals surface area contributed by atoms with E-state index in [1.165, 1.54) is 11.1 Å². The van der Waals surface area contributed by atoms with Gasteiger partial charge in [-0.2, -0.15) is 0 Å². The highest BCUT2D eigenvalue weighted by atomic mass is 35.5. The van der Waals surface area contributed by atoms with Crippen LogP contribution >= 0.6 is 11.6 Å². The van der Waals surface area contributed by atoms with Crippen molar-refractivity contribution in [2.75, 3.05) is 6.07 Å². The lowest BCUT2D eigenvalue weighted by molar-refractivity contribution is 0.387. The minimum Gasteiger partial charge on any atom is -0.478 e. The van der Waals surface area contributed by atoms with Crippen molar-refractivity contribution in [3.63, 3.8) is 0 Å². The van der Waals surface area contributed by atoms with Gasteiger partial charge < -0.3 is 4.74 Å². The molecule has 0 unspecified atom stereocenters. The van der Waals surface area contributed by atoms with Gasteiger partial charge in [-0.3, -0.25) is 0 Å². The number of aryl methyl sites for hydroxylation is 2. The first-order chi connectivity index (χ1) is 5.24. The Morgan fingerprint density at radius 2 is 2.00 bits per heavy atom. The van der Waals surface area contributed by atoms with Crippen LogP contribution in [0.25, 0.3) is 0 Å². The summed E-state index contributed by atoms with van der Waals surface area (Å²) in [6, 6.07) is 6.14. The van der Waals surface area contributed by atoms with Gasteiger partial charge in [0, 0.05) is 0 Å². The van der Waals surface area contributed by atoms with E-state index in [4.69, 9.17) is 16.3 Å². The van der Waals surface area contributed by atoms with Gasteiger partial charge in [-0.25, -0.2) is 0 Å². The molecule has 0 aliphatic rings. The highest BCUT2D eigenvalue weighted by Crippen LogP contribution is 2.16. The summed E-state index contributed by atoms with van der Waals surface area (Å²) in [5, 5.41) is 0. The Morgan fingerprint density at radius 1 is 1.27 bits per heavy atom. The Bertz CT molecular complexity index is 245. The van der Waals surface area contributed by atoms with Crippen LogP contribution < -0.4 is 4.74 Å². The minimum absolute atomic E-state index is 0.211. The quantitative estimate of drug-likeness (QED) is 0.621. The molecular weight excluding hydrogens is 160 g/mol. The van der Waals surface area contributed by atoms with Gasteiger partial charge in [-0.1, -0.05) is 17.7 Å². The molecule has 0 aliphatic carbocycles. The second-order valence-corrected chi connectivity index (χ2v) is 2.72. The Hall–Kier alpha value is -0.690. The zero-order chi connectivity index (χ0) is 8.27. The van der Waals surface area contributed by atoms with E-state index in [1.807, 2.05) is 18.2 Å². The maximum atomic E-state index is 5.41. The molecule has 60 valence electrons. The number of rotatable bonds is 2. The van der Waals surface area contributed by atoms with Crippen molar-refractivity contribution in [3.05, 3.63) is 29.3 Å². The predicted molar refractivity (Wildman–Crippen MR) is 47.3 cm³/mol. The third-order valence-electron chi connectivity index (χ3n) is 1.70. The number of hydrogen-bond donors (Lipinski definition) is 0. The second kappa shape index (κ2) is 3.63. The van der Waals surface area contributed by atoms with E-state index in [9.17, 15) is 0 Å². The fourth-order valence-corrected chi connectivity index (χ4v) is 0.993. The number of benzene rings is 1. The topological polar surface area (TPSA) is 9.23 Å². The zero-order valence-corrected chi connectivity index (χ0v) is 7.48. The molecule has 0 heterocycles. The zero-order valence-electron chi connectivity index (χ0n) is 6.73. The van der Waals surface area contributed by atoms with Crippen LogP contribution in [0.3, 0.4) is 0 Å². The molecule has 1 aromatic rings. The number of alkyl halides is 1. The van der Waals surface area contributed by atoms with Gasteiger partial charge in [0.15, 0.2) is 6.07 Å². The van der Waals surface area contributed by atoms with Gasteiger partial charge in [0.2, 0.25) is 0 Å². The van der Waals surface area contributed by atoms with E-state index in [1.54, 1.807) is 0 Å². The first kappa shape index (κ1) is 8.41. The molecule has 0 aliphatic heterocycles. The van der Waals surface area contributed by atoms with Crippen LogP contribution in [-0.4, -0.2) is 6.07 Å². The third-order valence-corrected chi connectivity index (χ3v) is 1.81. The van der Waals surface area contributed by atoms with Gasteiger partial charge in [0.1, 0.15) is 5.75 Å². The van der Waals surface area contributed by atoms with E-state index in [0.717, 1.165) is 5.75 Å². The van der Waals surface area contributed by atoms with E-state index in [2.05, 4.69) is 13.8 Å². The van der Waals surface area contributed by atoms with Gasteiger partial charge in [0.25, 0.3) is 0 Å². The third kappa shape index (κ3) is 2.12. The van der Waals surface area contributed by atoms with Crippen LogP contribution in [0.4, 0.5) is 0 Å². The van der Waals surface area contributed by atoms with E-state index in [0.29, 0.717) is 0 Å². The normalized spacial score (nSPS) is 9.73. The second-order valence-electron chi connectivity index (χ2n) is 2.50. The predicted octanol–water partition coefficient (Wildman–Crippen LogP) is 2.88. The lowest BCUT2D eigenvalue weighted by atomic mass is 10.1. The summed E-state index contributed by atoms with van der Waals surface area (Å²) >= 11 is 5.41. The Balaban J connectivity index is 2.86. The lowest BCUT2D eigenvalue weighted by Crippen LogP contribution is -1.90. The van der Waals surface area contributed by atoms with E-state index < -0.39 is 0 Å².